The van der Waals surface area contributed by atoms with Crippen LogP contribution in [0.2, 0.25) is 0 Å². The number of hydrogen-bond acceptors (Lipinski definition) is 5. The van der Waals surface area contributed by atoms with Crippen LogP contribution in [0.25, 0.3) is 11.4 Å². The van der Waals surface area contributed by atoms with Crippen LogP contribution < -0.4 is 5.56 Å². The van der Waals surface area contributed by atoms with Gasteiger partial charge in [-0.1, -0.05) is 6.07 Å². The van der Waals surface area contributed by atoms with Crippen LogP contribution in [0.5, 0.6) is 0 Å². The van der Waals surface area contributed by atoms with E-state index in [2.05, 4.69) is 19.9 Å². The molecule has 6 nitrogen and oxygen atoms in total. The fraction of sp³-hybridized carbons (Fsp3) is 0.263. The number of rotatable bonds is 3. The molecular weight excluding hydrogens is 390 g/mol. The minimum atomic E-state index is -4.59. The molecule has 1 N–H and O–H groups in total. The zero-order valence-electron chi connectivity index (χ0n) is 15.0. The third-order valence-corrected chi connectivity index (χ3v) is 4.76. The Balaban J connectivity index is 1.55. The number of aromatic amines is 1. The standard InChI is InChI=1S/C19H15F4N5O/c20-15-5-13(19(21,22)23)2-1-11(15)8-28-4-3-16-14(9-28)18(29)27-17(26-16)12-6-24-10-25-7-12/h1-2,5-7,10H,3-4,8-9H2,(H,26,27,29). The highest BCUT2D eigenvalue weighted by molar-refractivity contribution is 5.52. The van der Waals surface area contributed by atoms with Crippen molar-refractivity contribution in [3.05, 3.63) is 75.5 Å². The molecule has 1 aliphatic rings. The highest BCUT2D eigenvalue weighted by Gasteiger charge is 2.31. The predicted molar refractivity (Wildman–Crippen MR) is 95.1 cm³/mol. The molecule has 0 bridgehead atoms. The average molecular weight is 405 g/mol. The third-order valence-electron chi connectivity index (χ3n) is 4.76. The van der Waals surface area contributed by atoms with Crippen LogP contribution in [-0.4, -0.2) is 31.4 Å². The molecule has 0 radical (unpaired) electrons. The number of H-pyrrole nitrogens is 1. The molecule has 3 aromatic rings. The highest BCUT2D eigenvalue weighted by atomic mass is 19.4. The van der Waals surface area contributed by atoms with Crippen LogP contribution in [-0.2, 0) is 25.7 Å². The molecule has 0 saturated heterocycles. The first-order chi connectivity index (χ1) is 13.8. The van der Waals surface area contributed by atoms with Gasteiger partial charge in [0.1, 0.15) is 18.0 Å². The lowest BCUT2D eigenvalue weighted by Gasteiger charge is -2.28. The quantitative estimate of drug-likeness (QED) is 0.679. The van der Waals surface area contributed by atoms with Gasteiger partial charge in [0.15, 0.2) is 0 Å². The van der Waals surface area contributed by atoms with E-state index in [1.807, 2.05) is 0 Å². The zero-order valence-corrected chi connectivity index (χ0v) is 15.0. The Hall–Kier alpha value is -3.14. The first-order valence-electron chi connectivity index (χ1n) is 8.76. The van der Waals surface area contributed by atoms with Gasteiger partial charge in [0, 0.05) is 44.0 Å². The first-order valence-corrected chi connectivity index (χ1v) is 8.76. The molecule has 0 atom stereocenters. The molecule has 150 valence electrons. The Labute approximate surface area is 162 Å². The summed E-state index contributed by atoms with van der Waals surface area (Å²) in [4.78, 5) is 29.3. The maximum Gasteiger partial charge on any atom is 0.416 e. The lowest BCUT2D eigenvalue weighted by molar-refractivity contribution is -0.137. The number of fused-ring (bicyclic) bond motifs is 1. The van der Waals surface area contributed by atoms with Crippen LogP contribution in [0.15, 0.2) is 41.7 Å². The molecule has 1 aliphatic heterocycles. The van der Waals surface area contributed by atoms with Crippen molar-refractivity contribution in [1.29, 1.82) is 0 Å². The molecule has 3 heterocycles. The monoisotopic (exact) mass is 405 g/mol. The summed E-state index contributed by atoms with van der Waals surface area (Å²) >= 11 is 0. The van der Waals surface area contributed by atoms with Gasteiger partial charge in [-0.3, -0.25) is 9.69 Å². The smallest absolute Gasteiger partial charge is 0.306 e. The first kappa shape index (κ1) is 19.2. The summed E-state index contributed by atoms with van der Waals surface area (Å²) in [5.41, 5.74) is 0.485. The Bertz CT molecular complexity index is 1100. The van der Waals surface area contributed by atoms with Crippen molar-refractivity contribution in [3.8, 4) is 11.4 Å². The topological polar surface area (TPSA) is 74.8 Å². The normalized spacial score (nSPS) is 14.6. The molecule has 0 fully saturated rings. The van der Waals surface area contributed by atoms with Gasteiger partial charge in [0.25, 0.3) is 5.56 Å². The van der Waals surface area contributed by atoms with Crippen molar-refractivity contribution in [2.45, 2.75) is 25.7 Å². The number of nitrogens with zero attached hydrogens (tertiary/aromatic N) is 4. The summed E-state index contributed by atoms with van der Waals surface area (Å²) in [5.74, 6) is -0.548. The minimum Gasteiger partial charge on any atom is -0.306 e. The van der Waals surface area contributed by atoms with E-state index in [0.29, 0.717) is 41.7 Å². The predicted octanol–water partition coefficient (Wildman–Crippen LogP) is 2.94. The average Bonchev–Trinajstić information content (AvgIpc) is 2.69. The van der Waals surface area contributed by atoms with Crippen LogP contribution >= 0.6 is 0 Å². The van der Waals surface area contributed by atoms with E-state index in [9.17, 15) is 22.4 Å². The fourth-order valence-electron chi connectivity index (χ4n) is 3.27. The Kier molecular flexibility index (Phi) is 4.87. The van der Waals surface area contributed by atoms with E-state index in [1.165, 1.54) is 6.33 Å². The zero-order chi connectivity index (χ0) is 20.6. The number of hydrogen-bond donors (Lipinski definition) is 1. The number of aromatic nitrogens is 4. The fourth-order valence-corrected chi connectivity index (χ4v) is 3.27. The summed E-state index contributed by atoms with van der Waals surface area (Å²) < 4.78 is 52.2. The van der Waals surface area contributed by atoms with Gasteiger partial charge in [0.2, 0.25) is 0 Å². The van der Waals surface area contributed by atoms with Crippen LogP contribution in [0.4, 0.5) is 17.6 Å². The van der Waals surface area contributed by atoms with E-state index in [1.54, 1.807) is 17.3 Å². The van der Waals surface area contributed by atoms with Crippen LogP contribution in [0, 0.1) is 5.82 Å². The van der Waals surface area contributed by atoms with Gasteiger partial charge in [0.05, 0.1) is 22.4 Å². The second kappa shape index (κ2) is 7.36. The van der Waals surface area contributed by atoms with Crippen molar-refractivity contribution in [1.82, 2.24) is 24.8 Å². The SMILES string of the molecule is O=c1[nH]c(-c2cncnc2)nc2c1CN(Cc1ccc(C(F)(F)F)cc1F)CC2. The van der Waals surface area contributed by atoms with E-state index in [4.69, 9.17) is 0 Å². The van der Waals surface area contributed by atoms with E-state index in [-0.39, 0.29) is 24.2 Å². The Morgan fingerprint density at radius 1 is 1.17 bits per heavy atom. The van der Waals surface area contributed by atoms with Crippen molar-refractivity contribution >= 4 is 0 Å². The number of nitrogens with one attached hydrogen (secondary N) is 1. The molecule has 2 aromatic heterocycles. The van der Waals surface area contributed by atoms with Crippen molar-refractivity contribution in [2.75, 3.05) is 6.54 Å². The van der Waals surface area contributed by atoms with Gasteiger partial charge in [-0.15, -0.1) is 0 Å². The second-order valence-corrected chi connectivity index (χ2v) is 6.73. The summed E-state index contributed by atoms with van der Waals surface area (Å²) in [6, 6.07) is 2.49. The Morgan fingerprint density at radius 3 is 2.62 bits per heavy atom. The van der Waals surface area contributed by atoms with Crippen LogP contribution in [0.3, 0.4) is 0 Å². The van der Waals surface area contributed by atoms with Crippen molar-refractivity contribution in [2.24, 2.45) is 0 Å². The second-order valence-electron chi connectivity index (χ2n) is 6.73. The number of halogens is 4. The van der Waals surface area contributed by atoms with Gasteiger partial charge < -0.3 is 4.98 Å². The molecule has 10 heteroatoms. The third kappa shape index (κ3) is 4.02. The van der Waals surface area contributed by atoms with Gasteiger partial charge in [-0.25, -0.2) is 19.3 Å². The molecule has 0 spiro atoms. The maximum absolute atomic E-state index is 14.1. The van der Waals surface area contributed by atoms with E-state index < -0.39 is 17.6 Å². The summed E-state index contributed by atoms with van der Waals surface area (Å²) in [6.45, 7) is 0.815. The van der Waals surface area contributed by atoms with E-state index in [0.717, 1.165) is 12.1 Å². The molecule has 29 heavy (non-hydrogen) atoms. The molecular formula is C19H15F4N5O. The molecule has 0 saturated carbocycles. The number of benzene rings is 1. The Morgan fingerprint density at radius 2 is 1.93 bits per heavy atom. The molecule has 0 aliphatic carbocycles. The molecule has 1 aromatic carbocycles. The summed E-state index contributed by atoms with van der Waals surface area (Å²) in [6.07, 6.45) is 0.324. The van der Waals surface area contributed by atoms with Gasteiger partial charge in [-0.05, 0) is 12.1 Å². The lowest BCUT2D eigenvalue weighted by atomic mass is 10.0. The van der Waals surface area contributed by atoms with Crippen LogP contribution in [0.1, 0.15) is 22.4 Å². The summed E-state index contributed by atoms with van der Waals surface area (Å²) in [7, 11) is 0. The van der Waals surface area contributed by atoms with Gasteiger partial charge in [-0.2, -0.15) is 13.2 Å². The lowest BCUT2D eigenvalue weighted by Crippen LogP contribution is -2.35. The molecule has 4 rings (SSSR count). The molecule has 0 unspecified atom stereocenters. The minimum absolute atomic E-state index is 0.0944. The largest absolute Gasteiger partial charge is 0.416 e. The highest BCUT2D eigenvalue weighted by Crippen LogP contribution is 2.30. The van der Waals surface area contributed by atoms with Gasteiger partial charge >= 0.3 is 6.18 Å². The van der Waals surface area contributed by atoms with E-state index >= 15 is 0 Å². The summed E-state index contributed by atoms with van der Waals surface area (Å²) in [5, 5.41) is 0. The van der Waals surface area contributed by atoms with Crippen molar-refractivity contribution < 1.29 is 17.6 Å². The maximum atomic E-state index is 14.1. The number of alkyl halides is 3. The molecule has 0 amide bonds. The van der Waals surface area contributed by atoms with Crippen molar-refractivity contribution in [3.63, 3.8) is 0 Å².